The van der Waals surface area contributed by atoms with Crippen LogP contribution >= 0.6 is 0 Å². The van der Waals surface area contributed by atoms with Crippen molar-refractivity contribution < 1.29 is 19.1 Å². The Kier molecular flexibility index (Phi) is 5.37. The molecule has 3 aromatic rings. The summed E-state index contributed by atoms with van der Waals surface area (Å²) in [4.78, 5) is 26.2. The van der Waals surface area contributed by atoms with Crippen LogP contribution in [0.4, 0.5) is 10.5 Å². The highest BCUT2D eigenvalue weighted by molar-refractivity contribution is 6.16. The van der Waals surface area contributed by atoms with Crippen LogP contribution in [0.25, 0.3) is 21.5 Å². The van der Waals surface area contributed by atoms with Crippen molar-refractivity contribution in [3.8, 4) is 0 Å². The second-order valence-corrected chi connectivity index (χ2v) is 5.76. The van der Waals surface area contributed by atoms with Crippen LogP contribution in [0.3, 0.4) is 0 Å². The van der Waals surface area contributed by atoms with E-state index in [2.05, 4.69) is 6.07 Å². The smallest absolute Gasteiger partial charge is 0.414 e. The summed E-state index contributed by atoms with van der Waals surface area (Å²) in [6.07, 6.45) is -0.568. The molecule has 0 saturated carbocycles. The summed E-state index contributed by atoms with van der Waals surface area (Å²) in [6, 6.07) is 17.6. The van der Waals surface area contributed by atoms with Gasteiger partial charge in [0.25, 0.3) is 0 Å². The van der Waals surface area contributed by atoms with Crippen LogP contribution in [-0.4, -0.2) is 31.8 Å². The van der Waals surface area contributed by atoms with E-state index >= 15 is 0 Å². The van der Waals surface area contributed by atoms with Gasteiger partial charge in [0.05, 0.1) is 18.9 Å². The average molecular weight is 351 g/mol. The van der Waals surface area contributed by atoms with Gasteiger partial charge in [0.2, 0.25) is 0 Å². The van der Waals surface area contributed by atoms with Crippen LogP contribution in [-0.2, 0) is 14.3 Å². The third kappa shape index (κ3) is 3.47. The first-order valence-corrected chi connectivity index (χ1v) is 8.66. The fraction of sp³-hybridized carbons (Fsp3) is 0.238. The maximum atomic E-state index is 12.7. The third-order valence-corrected chi connectivity index (χ3v) is 4.09. The Balaban J connectivity index is 2.24. The molecule has 0 heterocycles. The molecule has 0 atom stereocenters. The molecule has 0 fully saturated rings. The summed E-state index contributed by atoms with van der Waals surface area (Å²) in [5.41, 5.74) is 0.658. The molecule has 3 aromatic carbocycles. The van der Waals surface area contributed by atoms with Crippen LogP contribution in [0.15, 0.2) is 54.6 Å². The summed E-state index contributed by atoms with van der Waals surface area (Å²) in [5.74, 6) is -0.474. The maximum Gasteiger partial charge on any atom is 0.414 e. The standard InChI is InChI=1S/C21H21NO4/c1-3-25-19(23)14-22(21(24)26-4-2)20-17-11-7-5-9-15(17)13-16-10-6-8-12-18(16)20/h5-13H,3-4,14H2,1-2H3. The van der Waals surface area contributed by atoms with E-state index in [4.69, 9.17) is 9.47 Å². The van der Waals surface area contributed by atoms with Crippen LogP contribution in [0, 0.1) is 0 Å². The lowest BCUT2D eigenvalue weighted by Crippen LogP contribution is -2.37. The van der Waals surface area contributed by atoms with Gasteiger partial charge < -0.3 is 9.47 Å². The second-order valence-electron chi connectivity index (χ2n) is 5.76. The van der Waals surface area contributed by atoms with E-state index in [0.717, 1.165) is 21.5 Å². The molecule has 0 aliphatic rings. The van der Waals surface area contributed by atoms with Crippen LogP contribution in [0.2, 0.25) is 0 Å². The van der Waals surface area contributed by atoms with Crippen molar-refractivity contribution in [2.45, 2.75) is 13.8 Å². The third-order valence-electron chi connectivity index (χ3n) is 4.09. The second kappa shape index (κ2) is 7.87. The average Bonchev–Trinajstić information content (AvgIpc) is 2.65. The predicted molar refractivity (Wildman–Crippen MR) is 102 cm³/mol. The molecule has 26 heavy (non-hydrogen) atoms. The molecule has 5 heteroatoms. The minimum Gasteiger partial charge on any atom is -0.465 e. The van der Waals surface area contributed by atoms with Crippen molar-refractivity contribution in [1.29, 1.82) is 0 Å². The van der Waals surface area contributed by atoms with Gasteiger partial charge in [0.15, 0.2) is 0 Å². The van der Waals surface area contributed by atoms with Gasteiger partial charge in [-0.1, -0.05) is 48.5 Å². The zero-order valence-corrected chi connectivity index (χ0v) is 14.9. The quantitative estimate of drug-likeness (QED) is 0.501. The Hall–Kier alpha value is -3.08. The van der Waals surface area contributed by atoms with Crippen LogP contribution in [0.1, 0.15) is 13.8 Å². The molecule has 0 spiro atoms. The number of hydrogen-bond acceptors (Lipinski definition) is 4. The summed E-state index contributed by atoms with van der Waals surface area (Å²) in [5, 5.41) is 3.73. The molecule has 0 radical (unpaired) electrons. The molecular formula is C21H21NO4. The first-order chi connectivity index (χ1) is 12.7. The Morgan fingerprint density at radius 2 is 1.38 bits per heavy atom. The number of esters is 1. The van der Waals surface area contributed by atoms with Crippen molar-refractivity contribution >= 4 is 39.3 Å². The van der Waals surface area contributed by atoms with Crippen molar-refractivity contribution in [1.82, 2.24) is 0 Å². The van der Waals surface area contributed by atoms with Gasteiger partial charge in [-0.25, -0.2) is 4.79 Å². The van der Waals surface area contributed by atoms with Crippen molar-refractivity contribution in [3.05, 3.63) is 54.6 Å². The fourth-order valence-corrected chi connectivity index (χ4v) is 3.05. The van der Waals surface area contributed by atoms with Gasteiger partial charge >= 0.3 is 12.1 Å². The predicted octanol–water partition coefficient (Wildman–Crippen LogP) is 4.52. The number of carbonyl (C=O) groups is 2. The lowest BCUT2D eigenvalue weighted by atomic mass is 10.00. The Labute approximate surface area is 152 Å². The number of anilines is 1. The van der Waals surface area contributed by atoms with E-state index in [1.807, 2.05) is 48.5 Å². The molecule has 0 saturated heterocycles. The van der Waals surface area contributed by atoms with Gasteiger partial charge in [-0.2, -0.15) is 0 Å². The zero-order valence-electron chi connectivity index (χ0n) is 14.9. The van der Waals surface area contributed by atoms with Crippen molar-refractivity contribution in [2.24, 2.45) is 0 Å². The molecule has 3 rings (SSSR count). The lowest BCUT2D eigenvalue weighted by Gasteiger charge is -2.24. The Morgan fingerprint density at radius 1 is 0.846 bits per heavy atom. The molecule has 0 bridgehead atoms. The van der Waals surface area contributed by atoms with E-state index in [-0.39, 0.29) is 19.8 Å². The maximum absolute atomic E-state index is 12.7. The normalized spacial score (nSPS) is 10.7. The summed E-state index contributed by atoms with van der Waals surface area (Å²) >= 11 is 0. The molecule has 5 nitrogen and oxygen atoms in total. The number of hydrogen-bond donors (Lipinski definition) is 0. The van der Waals surface area contributed by atoms with E-state index in [9.17, 15) is 9.59 Å². The number of ether oxygens (including phenoxy) is 2. The van der Waals surface area contributed by atoms with E-state index in [1.54, 1.807) is 13.8 Å². The van der Waals surface area contributed by atoms with Crippen molar-refractivity contribution in [3.63, 3.8) is 0 Å². The molecule has 134 valence electrons. The fourth-order valence-electron chi connectivity index (χ4n) is 3.05. The molecule has 1 amide bonds. The monoisotopic (exact) mass is 351 g/mol. The number of nitrogens with zero attached hydrogens (tertiary/aromatic N) is 1. The molecular weight excluding hydrogens is 330 g/mol. The van der Waals surface area contributed by atoms with Crippen LogP contribution < -0.4 is 4.90 Å². The van der Waals surface area contributed by atoms with E-state index < -0.39 is 12.1 Å². The van der Waals surface area contributed by atoms with Crippen LogP contribution in [0.5, 0.6) is 0 Å². The van der Waals surface area contributed by atoms with Gasteiger partial charge in [-0.3, -0.25) is 9.69 Å². The molecule has 0 aromatic heterocycles. The lowest BCUT2D eigenvalue weighted by molar-refractivity contribution is -0.141. The first-order valence-electron chi connectivity index (χ1n) is 8.66. The SMILES string of the molecule is CCOC(=O)CN(C(=O)OCC)c1c2ccccc2cc2ccccc12. The number of fused-ring (bicyclic) bond motifs is 2. The van der Waals surface area contributed by atoms with Gasteiger partial charge in [0, 0.05) is 10.8 Å². The minimum atomic E-state index is -0.568. The topological polar surface area (TPSA) is 55.8 Å². The largest absolute Gasteiger partial charge is 0.465 e. The Morgan fingerprint density at radius 3 is 1.92 bits per heavy atom. The van der Waals surface area contributed by atoms with Crippen molar-refractivity contribution in [2.75, 3.05) is 24.7 Å². The van der Waals surface area contributed by atoms with Gasteiger partial charge in [0.1, 0.15) is 6.54 Å². The molecule has 0 N–H and O–H groups in total. The summed E-state index contributed by atoms with van der Waals surface area (Å²) < 4.78 is 10.3. The molecule has 0 aliphatic heterocycles. The highest BCUT2D eigenvalue weighted by Crippen LogP contribution is 2.36. The highest BCUT2D eigenvalue weighted by atomic mass is 16.6. The summed E-state index contributed by atoms with van der Waals surface area (Å²) in [7, 11) is 0. The number of amides is 1. The minimum absolute atomic E-state index is 0.204. The molecule has 0 aliphatic carbocycles. The first kappa shape index (κ1) is 17.7. The number of carbonyl (C=O) groups excluding carboxylic acids is 2. The number of benzene rings is 3. The van der Waals surface area contributed by atoms with Gasteiger partial charge in [-0.05, 0) is 30.7 Å². The Bertz CT molecular complexity index is 897. The summed E-state index contributed by atoms with van der Waals surface area (Å²) in [6.45, 7) is 3.75. The number of rotatable bonds is 5. The zero-order chi connectivity index (χ0) is 18.5. The highest BCUT2D eigenvalue weighted by Gasteiger charge is 2.25. The molecule has 0 unspecified atom stereocenters. The van der Waals surface area contributed by atoms with E-state index in [0.29, 0.717) is 5.69 Å². The van der Waals surface area contributed by atoms with Gasteiger partial charge in [-0.15, -0.1) is 0 Å². The van der Waals surface area contributed by atoms with E-state index in [1.165, 1.54) is 4.90 Å².